The number of ether oxygens (including phenoxy) is 2. The zero-order chi connectivity index (χ0) is 24.2. The Kier molecular flexibility index (Phi) is 8.68. The van der Waals surface area contributed by atoms with Crippen LogP contribution in [0.5, 0.6) is 11.5 Å². The number of ketones is 1. The Morgan fingerprint density at radius 2 is 1.61 bits per heavy atom. The number of rotatable bonds is 8. The van der Waals surface area contributed by atoms with E-state index in [1.54, 1.807) is 18.4 Å². The summed E-state index contributed by atoms with van der Waals surface area (Å²) < 4.78 is 12.4. The first-order valence-electron chi connectivity index (χ1n) is 12.3. The zero-order valence-corrected chi connectivity index (χ0v) is 22.4. The van der Waals surface area contributed by atoms with E-state index in [-0.39, 0.29) is 18.2 Å². The summed E-state index contributed by atoms with van der Waals surface area (Å²) in [5.74, 6) is 1.64. The molecule has 1 fully saturated rings. The van der Waals surface area contributed by atoms with Crippen molar-refractivity contribution in [1.82, 2.24) is 4.90 Å². The van der Waals surface area contributed by atoms with Crippen LogP contribution in [0.15, 0.2) is 66.7 Å². The van der Waals surface area contributed by atoms with E-state index in [4.69, 9.17) is 9.47 Å². The molecule has 0 aliphatic carbocycles. The van der Waals surface area contributed by atoms with Crippen LogP contribution in [0.1, 0.15) is 40.7 Å². The number of piperidine rings is 1. The largest absolute Gasteiger partial charge is 0.497 e. The van der Waals surface area contributed by atoms with E-state index in [0.29, 0.717) is 12.2 Å². The smallest absolute Gasteiger partial charge is 0.195 e. The Labute approximate surface area is 223 Å². The van der Waals surface area contributed by atoms with E-state index in [9.17, 15) is 4.79 Å². The topological polar surface area (TPSA) is 38.8 Å². The third-order valence-electron chi connectivity index (χ3n) is 6.67. The number of hydrogen-bond donors (Lipinski definition) is 0. The standard InChI is InChI=1S/C30H31NO3S.ClH/c1-21-6-15-26-27(20-21)35-30(23-9-11-24(33-2)12-10-23)28(26)29(32)22-7-13-25(14-8-22)34-19-18-31-16-4-3-5-17-31;/h6-15,20H,3-5,16-19H2,1-2H3;1H. The van der Waals surface area contributed by atoms with Crippen molar-refractivity contribution in [2.45, 2.75) is 26.2 Å². The normalized spacial score (nSPS) is 13.8. The number of aryl methyl sites for hydroxylation is 1. The summed E-state index contributed by atoms with van der Waals surface area (Å²) in [7, 11) is 1.66. The molecule has 3 aromatic carbocycles. The van der Waals surface area contributed by atoms with Crippen LogP contribution in [-0.4, -0.2) is 44.0 Å². The molecule has 0 unspecified atom stereocenters. The molecular formula is C30H32ClNO3S. The van der Waals surface area contributed by atoms with Crippen LogP contribution < -0.4 is 9.47 Å². The van der Waals surface area contributed by atoms with Crippen molar-refractivity contribution in [2.75, 3.05) is 33.4 Å². The summed E-state index contributed by atoms with van der Waals surface area (Å²) in [4.78, 5) is 17.2. The van der Waals surface area contributed by atoms with Gasteiger partial charge in [-0.25, -0.2) is 0 Å². The van der Waals surface area contributed by atoms with E-state index in [1.807, 2.05) is 48.5 Å². The Morgan fingerprint density at radius 1 is 0.917 bits per heavy atom. The number of likely N-dealkylation sites (tertiary alicyclic amines) is 1. The second-order valence-electron chi connectivity index (χ2n) is 9.14. The van der Waals surface area contributed by atoms with Gasteiger partial charge in [0, 0.05) is 32.6 Å². The molecule has 5 rings (SSSR count). The van der Waals surface area contributed by atoms with E-state index in [1.165, 1.54) is 37.9 Å². The molecule has 0 spiro atoms. The minimum absolute atomic E-state index is 0. The first-order chi connectivity index (χ1) is 17.1. The SMILES string of the molecule is COc1ccc(-c2sc3cc(C)ccc3c2C(=O)c2ccc(OCCN3CCCCC3)cc2)cc1.Cl. The highest BCUT2D eigenvalue weighted by molar-refractivity contribution is 7.22. The number of carbonyl (C=O) groups is 1. The molecule has 0 N–H and O–H groups in total. The van der Waals surface area contributed by atoms with Gasteiger partial charge in [-0.15, -0.1) is 23.7 Å². The van der Waals surface area contributed by atoms with E-state index in [2.05, 4.69) is 30.0 Å². The molecule has 4 nitrogen and oxygen atoms in total. The fourth-order valence-corrected chi connectivity index (χ4v) is 6.00. The lowest BCUT2D eigenvalue weighted by Crippen LogP contribution is -2.33. The van der Waals surface area contributed by atoms with Crippen molar-refractivity contribution in [1.29, 1.82) is 0 Å². The Morgan fingerprint density at radius 3 is 2.31 bits per heavy atom. The van der Waals surface area contributed by atoms with E-state index in [0.717, 1.165) is 44.1 Å². The molecule has 188 valence electrons. The molecular weight excluding hydrogens is 490 g/mol. The highest BCUT2D eigenvalue weighted by Gasteiger charge is 2.22. The van der Waals surface area contributed by atoms with Gasteiger partial charge in [0.2, 0.25) is 0 Å². The van der Waals surface area contributed by atoms with Gasteiger partial charge in [-0.05, 0) is 98.6 Å². The molecule has 4 aromatic rings. The lowest BCUT2D eigenvalue weighted by Gasteiger charge is -2.26. The summed E-state index contributed by atoms with van der Waals surface area (Å²) in [5.41, 5.74) is 3.63. The third-order valence-corrected chi connectivity index (χ3v) is 7.87. The zero-order valence-electron chi connectivity index (χ0n) is 20.8. The summed E-state index contributed by atoms with van der Waals surface area (Å²) >= 11 is 1.66. The summed E-state index contributed by atoms with van der Waals surface area (Å²) in [6.07, 6.45) is 3.91. The number of hydrogen-bond acceptors (Lipinski definition) is 5. The van der Waals surface area contributed by atoms with Crippen LogP contribution in [0.3, 0.4) is 0 Å². The van der Waals surface area contributed by atoms with Gasteiger partial charge in [-0.2, -0.15) is 0 Å². The van der Waals surface area contributed by atoms with Crippen molar-refractivity contribution < 1.29 is 14.3 Å². The molecule has 36 heavy (non-hydrogen) atoms. The van der Waals surface area contributed by atoms with Crippen LogP contribution in [0.4, 0.5) is 0 Å². The lowest BCUT2D eigenvalue weighted by molar-refractivity contribution is 0.104. The molecule has 2 heterocycles. The van der Waals surface area contributed by atoms with Crippen LogP contribution in [0.25, 0.3) is 20.5 Å². The molecule has 0 atom stereocenters. The maximum absolute atomic E-state index is 13.8. The van der Waals surface area contributed by atoms with Crippen molar-refractivity contribution in [3.63, 3.8) is 0 Å². The second kappa shape index (κ2) is 11.9. The molecule has 1 aliphatic heterocycles. The van der Waals surface area contributed by atoms with Crippen molar-refractivity contribution in [2.24, 2.45) is 0 Å². The molecule has 0 bridgehead atoms. The average Bonchev–Trinajstić information content (AvgIpc) is 3.28. The maximum atomic E-state index is 13.8. The Balaban J connectivity index is 0.00000304. The molecule has 6 heteroatoms. The van der Waals surface area contributed by atoms with Gasteiger partial charge in [0.25, 0.3) is 0 Å². The highest BCUT2D eigenvalue weighted by Crippen LogP contribution is 2.40. The second-order valence-corrected chi connectivity index (χ2v) is 10.2. The minimum Gasteiger partial charge on any atom is -0.497 e. The van der Waals surface area contributed by atoms with Gasteiger partial charge >= 0.3 is 0 Å². The quantitative estimate of drug-likeness (QED) is 0.226. The first-order valence-corrected chi connectivity index (χ1v) is 13.1. The van der Waals surface area contributed by atoms with E-state index < -0.39 is 0 Å². The Hall–Kier alpha value is -2.86. The van der Waals surface area contributed by atoms with Crippen LogP contribution >= 0.6 is 23.7 Å². The van der Waals surface area contributed by atoms with Crippen LogP contribution in [0.2, 0.25) is 0 Å². The van der Waals surface area contributed by atoms with E-state index >= 15 is 0 Å². The molecule has 0 radical (unpaired) electrons. The summed E-state index contributed by atoms with van der Waals surface area (Å²) in [6, 6.07) is 21.8. The fourth-order valence-electron chi connectivity index (χ4n) is 4.70. The van der Waals surface area contributed by atoms with Crippen LogP contribution in [0, 0.1) is 6.92 Å². The summed E-state index contributed by atoms with van der Waals surface area (Å²) in [5, 5.41) is 0.998. The fraction of sp³-hybridized carbons (Fsp3) is 0.300. The number of fused-ring (bicyclic) bond motifs is 1. The first kappa shape index (κ1) is 26.2. The van der Waals surface area contributed by atoms with Gasteiger partial charge < -0.3 is 9.47 Å². The number of thiophene rings is 1. The lowest BCUT2D eigenvalue weighted by atomic mass is 9.97. The monoisotopic (exact) mass is 521 g/mol. The number of carbonyl (C=O) groups excluding carboxylic acids is 1. The molecule has 1 saturated heterocycles. The van der Waals surface area contributed by atoms with Crippen molar-refractivity contribution in [3.05, 3.63) is 83.4 Å². The summed E-state index contributed by atoms with van der Waals surface area (Å²) in [6.45, 7) is 6.04. The predicted molar refractivity (Wildman–Crippen MR) is 151 cm³/mol. The van der Waals surface area contributed by atoms with Crippen molar-refractivity contribution >= 4 is 39.6 Å². The predicted octanol–water partition coefficient (Wildman–Crippen LogP) is 7.40. The Bertz CT molecular complexity index is 1310. The molecule has 1 aromatic heterocycles. The van der Waals surface area contributed by atoms with Crippen molar-refractivity contribution in [3.8, 4) is 21.9 Å². The maximum Gasteiger partial charge on any atom is 0.195 e. The van der Waals surface area contributed by atoms with Gasteiger partial charge in [0.15, 0.2) is 5.78 Å². The molecule has 0 amide bonds. The molecule has 0 saturated carbocycles. The molecule has 1 aliphatic rings. The number of benzene rings is 3. The third kappa shape index (κ3) is 5.75. The van der Waals surface area contributed by atoms with Gasteiger partial charge in [-0.1, -0.05) is 18.6 Å². The highest BCUT2D eigenvalue weighted by atomic mass is 35.5. The number of halogens is 1. The average molecular weight is 522 g/mol. The minimum atomic E-state index is 0. The number of nitrogens with zero attached hydrogens (tertiary/aromatic N) is 1. The number of methoxy groups -OCH3 is 1. The van der Waals surface area contributed by atoms with Gasteiger partial charge in [0.1, 0.15) is 18.1 Å². The van der Waals surface area contributed by atoms with Crippen LogP contribution in [-0.2, 0) is 0 Å². The van der Waals surface area contributed by atoms with Gasteiger partial charge in [0.05, 0.1) is 7.11 Å². The van der Waals surface area contributed by atoms with Gasteiger partial charge in [-0.3, -0.25) is 9.69 Å².